The predicted molar refractivity (Wildman–Crippen MR) is 131 cm³/mol. The lowest BCUT2D eigenvalue weighted by Gasteiger charge is -2.30. The minimum Gasteiger partial charge on any atom is -0.467 e. The van der Waals surface area contributed by atoms with Crippen LogP contribution in [0, 0.1) is 11.3 Å². The van der Waals surface area contributed by atoms with Crippen LogP contribution in [-0.2, 0) is 19.7 Å². The molecule has 6 nitrogen and oxygen atoms in total. The largest absolute Gasteiger partial charge is 0.467 e. The van der Waals surface area contributed by atoms with Crippen molar-refractivity contribution in [1.29, 1.82) is 5.26 Å². The third-order valence-corrected chi connectivity index (χ3v) is 6.63. The van der Waals surface area contributed by atoms with Crippen molar-refractivity contribution in [3.63, 3.8) is 0 Å². The number of nitriles is 1. The summed E-state index contributed by atoms with van der Waals surface area (Å²) in [5, 5.41) is 12.7. The van der Waals surface area contributed by atoms with E-state index in [2.05, 4.69) is 11.4 Å². The second-order valence-corrected chi connectivity index (χ2v) is 8.95. The van der Waals surface area contributed by atoms with E-state index in [1.807, 2.05) is 30.3 Å². The third-order valence-electron chi connectivity index (χ3n) is 6.00. The minimum absolute atomic E-state index is 0.0927. The molecule has 0 spiro atoms. The molecule has 0 bridgehead atoms. The number of rotatable bonds is 7. The van der Waals surface area contributed by atoms with Gasteiger partial charge in [0.25, 0.3) is 5.91 Å². The second-order valence-electron chi connectivity index (χ2n) is 8.14. The Bertz CT molecular complexity index is 1120. The van der Waals surface area contributed by atoms with Crippen LogP contribution >= 0.6 is 23.2 Å². The van der Waals surface area contributed by atoms with Gasteiger partial charge in [0.05, 0.1) is 34.2 Å². The van der Waals surface area contributed by atoms with E-state index < -0.39 is 23.3 Å². The molecule has 0 aromatic heterocycles. The van der Waals surface area contributed by atoms with E-state index in [-0.39, 0.29) is 27.8 Å². The summed E-state index contributed by atoms with van der Waals surface area (Å²) in [6.07, 6.45) is 5.68. The zero-order chi connectivity index (χ0) is 24.7. The van der Waals surface area contributed by atoms with Gasteiger partial charge < -0.3 is 10.1 Å². The Hall–Kier alpha value is -3.14. The molecule has 0 radical (unpaired) electrons. The Labute approximate surface area is 208 Å². The van der Waals surface area contributed by atoms with E-state index >= 15 is 0 Å². The molecule has 1 atom stereocenters. The molecule has 0 heterocycles. The van der Waals surface area contributed by atoms with Gasteiger partial charge >= 0.3 is 5.97 Å². The Morgan fingerprint density at radius 2 is 1.76 bits per heavy atom. The number of amides is 1. The van der Waals surface area contributed by atoms with Crippen molar-refractivity contribution in [2.45, 2.75) is 43.6 Å². The number of methoxy groups -OCH3 is 1. The molecular formula is C26H24Cl2N2O4. The molecule has 1 aliphatic rings. The molecule has 2 aromatic carbocycles. The normalized spacial score (nSPS) is 16.0. The highest BCUT2D eigenvalue weighted by Crippen LogP contribution is 2.37. The number of halogens is 2. The first-order chi connectivity index (χ1) is 16.3. The van der Waals surface area contributed by atoms with Crippen LogP contribution in [0.15, 0.2) is 48.5 Å². The van der Waals surface area contributed by atoms with Gasteiger partial charge in [-0.1, -0.05) is 65.7 Å². The zero-order valence-electron chi connectivity index (χ0n) is 18.6. The molecule has 8 heteroatoms. The van der Waals surface area contributed by atoms with Crippen LogP contribution in [-0.4, -0.2) is 30.8 Å². The fourth-order valence-electron chi connectivity index (χ4n) is 3.98. The van der Waals surface area contributed by atoms with Crippen molar-refractivity contribution >= 4 is 46.9 Å². The maximum Gasteiger partial charge on any atom is 0.328 e. The van der Waals surface area contributed by atoms with E-state index in [1.54, 1.807) is 24.3 Å². The number of carbonyl (C=O) groups is 3. The van der Waals surface area contributed by atoms with Crippen molar-refractivity contribution in [3.8, 4) is 6.07 Å². The molecule has 0 aliphatic heterocycles. The van der Waals surface area contributed by atoms with Gasteiger partial charge in [0.2, 0.25) is 0 Å². The lowest BCUT2D eigenvalue weighted by molar-refractivity contribution is -0.142. The third kappa shape index (κ3) is 5.85. The van der Waals surface area contributed by atoms with Gasteiger partial charge in [0, 0.05) is 12.8 Å². The van der Waals surface area contributed by atoms with Gasteiger partial charge in [0.15, 0.2) is 0 Å². The molecule has 2 aromatic rings. The lowest BCUT2D eigenvalue weighted by atomic mass is 9.70. The molecule has 1 saturated carbocycles. The molecular weight excluding hydrogens is 475 g/mol. The van der Waals surface area contributed by atoms with Crippen LogP contribution in [0.2, 0.25) is 10.0 Å². The van der Waals surface area contributed by atoms with Crippen molar-refractivity contribution in [1.82, 2.24) is 5.32 Å². The molecule has 34 heavy (non-hydrogen) atoms. The highest BCUT2D eigenvalue weighted by atomic mass is 35.5. The monoisotopic (exact) mass is 498 g/mol. The summed E-state index contributed by atoms with van der Waals surface area (Å²) in [4.78, 5) is 36.5. The number of ether oxygens (including phenoxy) is 1. The summed E-state index contributed by atoms with van der Waals surface area (Å²) >= 11 is 12.2. The van der Waals surface area contributed by atoms with E-state index in [0.29, 0.717) is 25.7 Å². The SMILES string of the molecule is COC(=O)C(C/C=C/c1ccc(C2(C#N)CCC(=O)CC2)cc1)NC(=O)c1c(Cl)cccc1Cl. The van der Waals surface area contributed by atoms with Gasteiger partial charge in [-0.15, -0.1) is 0 Å². The molecule has 1 unspecified atom stereocenters. The summed E-state index contributed by atoms with van der Waals surface area (Å²) in [5.41, 5.74) is 1.23. The summed E-state index contributed by atoms with van der Waals surface area (Å²) in [7, 11) is 1.25. The molecule has 1 fully saturated rings. The lowest BCUT2D eigenvalue weighted by Crippen LogP contribution is -2.41. The van der Waals surface area contributed by atoms with Crippen LogP contribution in [0.25, 0.3) is 6.08 Å². The summed E-state index contributed by atoms with van der Waals surface area (Å²) in [6, 6.07) is 13.8. The Balaban J connectivity index is 1.69. The van der Waals surface area contributed by atoms with Gasteiger partial charge in [-0.05, 0) is 42.5 Å². The first kappa shape index (κ1) is 25.5. The van der Waals surface area contributed by atoms with Crippen molar-refractivity contribution < 1.29 is 19.1 Å². The fraction of sp³-hybridized carbons (Fsp3) is 0.308. The van der Waals surface area contributed by atoms with Gasteiger partial charge in [-0.3, -0.25) is 9.59 Å². The average molecular weight is 499 g/mol. The number of benzene rings is 2. The van der Waals surface area contributed by atoms with E-state index in [1.165, 1.54) is 7.11 Å². The number of ketones is 1. The van der Waals surface area contributed by atoms with E-state index in [9.17, 15) is 19.6 Å². The topological polar surface area (TPSA) is 96.3 Å². The fourth-order valence-corrected chi connectivity index (χ4v) is 4.54. The molecule has 176 valence electrons. The average Bonchev–Trinajstić information content (AvgIpc) is 2.84. The maximum atomic E-state index is 12.7. The van der Waals surface area contributed by atoms with Crippen LogP contribution in [0.5, 0.6) is 0 Å². The van der Waals surface area contributed by atoms with Crippen LogP contribution < -0.4 is 5.32 Å². The predicted octanol–water partition coefficient (Wildman–Crippen LogP) is 5.27. The van der Waals surface area contributed by atoms with E-state index in [4.69, 9.17) is 27.9 Å². The summed E-state index contributed by atoms with van der Waals surface area (Å²) in [6.45, 7) is 0. The van der Waals surface area contributed by atoms with Crippen molar-refractivity contribution in [2.75, 3.05) is 7.11 Å². The Morgan fingerprint density at radius 3 is 2.32 bits per heavy atom. The van der Waals surface area contributed by atoms with E-state index in [0.717, 1.165) is 11.1 Å². The van der Waals surface area contributed by atoms with Crippen LogP contribution in [0.4, 0.5) is 0 Å². The van der Waals surface area contributed by atoms with Gasteiger partial charge in [0.1, 0.15) is 11.8 Å². The van der Waals surface area contributed by atoms with Crippen molar-refractivity contribution in [3.05, 3.63) is 75.3 Å². The molecule has 3 rings (SSSR count). The number of esters is 1. The number of carbonyl (C=O) groups excluding carboxylic acids is 3. The number of nitrogens with one attached hydrogen (secondary N) is 1. The Morgan fingerprint density at radius 1 is 1.15 bits per heavy atom. The molecule has 1 N–H and O–H groups in total. The molecule has 1 amide bonds. The second kappa shape index (κ2) is 11.3. The van der Waals surface area contributed by atoms with Crippen molar-refractivity contribution in [2.24, 2.45) is 0 Å². The number of hydrogen-bond acceptors (Lipinski definition) is 5. The smallest absolute Gasteiger partial charge is 0.328 e. The highest BCUT2D eigenvalue weighted by molar-refractivity contribution is 6.39. The first-order valence-corrected chi connectivity index (χ1v) is 11.6. The van der Waals surface area contributed by atoms with Gasteiger partial charge in [-0.25, -0.2) is 4.79 Å². The maximum absolute atomic E-state index is 12.7. The number of nitrogens with zero attached hydrogens (tertiary/aromatic N) is 1. The van der Waals surface area contributed by atoms with Crippen LogP contribution in [0.3, 0.4) is 0 Å². The number of Topliss-reactive ketones (excluding diaryl/α,β-unsaturated/α-hetero) is 1. The van der Waals surface area contributed by atoms with Gasteiger partial charge in [-0.2, -0.15) is 5.26 Å². The summed E-state index contributed by atoms with van der Waals surface area (Å²) < 4.78 is 4.82. The number of hydrogen-bond donors (Lipinski definition) is 1. The zero-order valence-corrected chi connectivity index (χ0v) is 20.2. The Kier molecular flexibility index (Phi) is 8.49. The minimum atomic E-state index is -0.929. The highest BCUT2D eigenvalue weighted by Gasteiger charge is 2.36. The standard InChI is InChI=1S/C26H24Cl2N2O4/c1-34-25(33)22(30-24(32)23-20(27)5-3-6-21(23)28)7-2-4-17-8-10-18(11-9-17)26(16-29)14-12-19(31)13-15-26/h2-6,8-11,22H,7,12-15H2,1H3,(H,30,32)/b4-2+. The first-order valence-electron chi connectivity index (χ1n) is 10.8. The molecule has 1 aliphatic carbocycles. The molecule has 0 saturated heterocycles. The summed E-state index contributed by atoms with van der Waals surface area (Å²) in [5.74, 6) is -0.967. The quantitative estimate of drug-likeness (QED) is 0.524. The van der Waals surface area contributed by atoms with Crippen LogP contribution in [0.1, 0.15) is 53.6 Å².